The number of amidine groups is 1. The van der Waals surface area contributed by atoms with Crippen LogP contribution in [-0.2, 0) is 0 Å². The SMILES string of the molecule is C[NH+]=C(Nc1cc(C)ns1)SC.[I-]. The molecule has 0 radical (unpaired) electrons. The molecule has 0 bridgehead atoms. The number of rotatable bonds is 1. The van der Waals surface area contributed by atoms with Gasteiger partial charge < -0.3 is 24.0 Å². The van der Waals surface area contributed by atoms with Crippen molar-refractivity contribution < 1.29 is 29.0 Å². The van der Waals surface area contributed by atoms with Crippen molar-refractivity contribution in [1.29, 1.82) is 0 Å². The van der Waals surface area contributed by atoms with Gasteiger partial charge in [-0.15, -0.1) is 0 Å². The van der Waals surface area contributed by atoms with Crippen molar-refractivity contribution in [2.24, 2.45) is 0 Å². The molecular weight excluding hydrogens is 317 g/mol. The second kappa shape index (κ2) is 6.61. The van der Waals surface area contributed by atoms with E-state index in [0.29, 0.717) is 0 Å². The van der Waals surface area contributed by atoms with Gasteiger partial charge in [0.1, 0.15) is 0 Å². The Morgan fingerprint density at radius 1 is 1.69 bits per heavy atom. The Morgan fingerprint density at radius 2 is 2.38 bits per heavy atom. The second-order valence-corrected chi connectivity index (χ2v) is 3.86. The van der Waals surface area contributed by atoms with Gasteiger partial charge in [-0.2, -0.15) is 4.37 Å². The first-order valence-corrected chi connectivity index (χ1v) is 5.55. The number of halogens is 1. The average Bonchev–Trinajstić information content (AvgIpc) is 2.47. The predicted octanol–water partition coefficient (Wildman–Crippen LogP) is -2.70. The van der Waals surface area contributed by atoms with Gasteiger partial charge in [0.05, 0.1) is 12.7 Å². The van der Waals surface area contributed by atoms with Crippen LogP contribution < -0.4 is 34.3 Å². The number of anilines is 1. The molecule has 0 spiro atoms. The summed E-state index contributed by atoms with van der Waals surface area (Å²) in [4.78, 5) is 3.06. The van der Waals surface area contributed by atoms with Gasteiger partial charge in [0.15, 0.2) is 5.00 Å². The summed E-state index contributed by atoms with van der Waals surface area (Å²) < 4.78 is 4.17. The van der Waals surface area contributed by atoms with E-state index >= 15 is 0 Å². The van der Waals surface area contributed by atoms with E-state index in [1.807, 2.05) is 26.3 Å². The molecule has 74 valence electrons. The predicted molar refractivity (Wildman–Crippen MR) is 55.9 cm³/mol. The third-order valence-electron chi connectivity index (χ3n) is 1.30. The lowest BCUT2D eigenvalue weighted by molar-refractivity contribution is -0.416. The van der Waals surface area contributed by atoms with Crippen LogP contribution in [0.3, 0.4) is 0 Å². The first kappa shape index (κ1) is 13.2. The second-order valence-electron chi connectivity index (χ2n) is 2.24. The van der Waals surface area contributed by atoms with E-state index in [1.54, 1.807) is 11.8 Å². The van der Waals surface area contributed by atoms with E-state index in [4.69, 9.17) is 0 Å². The van der Waals surface area contributed by atoms with Crippen LogP contribution >= 0.6 is 23.3 Å². The van der Waals surface area contributed by atoms with Crippen LogP contribution in [0.1, 0.15) is 5.69 Å². The summed E-state index contributed by atoms with van der Waals surface area (Å²) in [6.45, 7) is 1.99. The monoisotopic (exact) mass is 329 g/mol. The Balaban J connectivity index is 0.00000144. The normalized spacial score (nSPS) is 10.8. The molecule has 0 amide bonds. The zero-order valence-corrected chi connectivity index (χ0v) is 11.5. The summed E-state index contributed by atoms with van der Waals surface area (Å²) >= 11 is 3.12. The molecule has 1 aromatic heterocycles. The Morgan fingerprint density at radius 3 is 2.77 bits per heavy atom. The minimum absolute atomic E-state index is 0. The third kappa shape index (κ3) is 4.28. The number of nitrogens with one attached hydrogen (secondary N) is 2. The Bertz CT molecular complexity index is 285. The highest BCUT2D eigenvalue weighted by molar-refractivity contribution is 8.13. The van der Waals surface area contributed by atoms with Crippen molar-refractivity contribution in [3.05, 3.63) is 11.8 Å². The minimum Gasteiger partial charge on any atom is -1.00 e. The van der Waals surface area contributed by atoms with Gasteiger partial charge in [0.2, 0.25) is 0 Å². The van der Waals surface area contributed by atoms with Gasteiger partial charge in [-0.05, 0) is 24.9 Å². The van der Waals surface area contributed by atoms with Gasteiger partial charge in [-0.3, -0.25) is 4.99 Å². The van der Waals surface area contributed by atoms with Crippen LogP contribution in [0.25, 0.3) is 0 Å². The average molecular weight is 329 g/mol. The van der Waals surface area contributed by atoms with Crippen molar-refractivity contribution >= 4 is 33.5 Å². The molecule has 0 fully saturated rings. The van der Waals surface area contributed by atoms with Gasteiger partial charge in [-0.25, -0.2) is 5.32 Å². The van der Waals surface area contributed by atoms with Crippen LogP contribution in [0.4, 0.5) is 5.00 Å². The van der Waals surface area contributed by atoms with E-state index in [1.165, 1.54) is 11.5 Å². The molecule has 0 aromatic carbocycles. The van der Waals surface area contributed by atoms with Gasteiger partial charge in [0.25, 0.3) is 0 Å². The maximum absolute atomic E-state index is 4.17. The molecule has 6 heteroatoms. The van der Waals surface area contributed by atoms with E-state index in [9.17, 15) is 0 Å². The summed E-state index contributed by atoms with van der Waals surface area (Å²) in [5, 5.41) is 5.34. The Hall–Kier alpha value is 0.180. The molecule has 13 heavy (non-hydrogen) atoms. The quantitative estimate of drug-likeness (QED) is 0.335. The summed E-state index contributed by atoms with van der Waals surface area (Å²) in [6.07, 6.45) is 2.02. The van der Waals surface area contributed by atoms with Crippen molar-refractivity contribution in [3.63, 3.8) is 0 Å². The lowest BCUT2D eigenvalue weighted by Gasteiger charge is -1.92. The zero-order chi connectivity index (χ0) is 8.97. The van der Waals surface area contributed by atoms with Gasteiger partial charge in [-0.1, -0.05) is 0 Å². The number of hydrogen-bond acceptors (Lipinski definition) is 3. The highest BCUT2D eigenvalue weighted by Gasteiger charge is 2.06. The molecule has 1 heterocycles. The summed E-state index contributed by atoms with van der Waals surface area (Å²) in [6, 6.07) is 2.03. The Kier molecular flexibility index (Phi) is 6.70. The number of aromatic nitrogens is 1. The van der Waals surface area contributed by atoms with Crippen LogP contribution in [0, 0.1) is 6.92 Å². The largest absolute Gasteiger partial charge is 1.00 e. The maximum Gasteiger partial charge on any atom is 0.309 e. The van der Waals surface area contributed by atoms with Crippen LogP contribution in [0.2, 0.25) is 0 Å². The molecule has 1 rings (SSSR count). The summed E-state index contributed by atoms with van der Waals surface area (Å²) in [5.74, 6) is 0. The summed E-state index contributed by atoms with van der Waals surface area (Å²) in [5.41, 5.74) is 1.05. The topological polar surface area (TPSA) is 38.9 Å². The van der Waals surface area contributed by atoms with E-state index in [0.717, 1.165) is 15.9 Å². The first-order chi connectivity index (χ1) is 5.76. The van der Waals surface area contributed by atoms with Crippen molar-refractivity contribution in [1.82, 2.24) is 4.37 Å². The minimum atomic E-state index is 0. The van der Waals surface area contributed by atoms with E-state index in [-0.39, 0.29) is 24.0 Å². The van der Waals surface area contributed by atoms with Gasteiger partial charge in [0, 0.05) is 17.6 Å². The number of nitrogens with zero attached hydrogens (tertiary/aromatic N) is 1. The lowest BCUT2D eigenvalue weighted by atomic mass is 10.5. The van der Waals surface area contributed by atoms with Crippen LogP contribution in [0.5, 0.6) is 0 Å². The molecule has 0 aliphatic heterocycles. The van der Waals surface area contributed by atoms with Crippen LogP contribution in [-0.4, -0.2) is 22.8 Å². The lowest BCUT2D eigenvalue weighted by Crippen LogP contribution is -3.00. The highest BCUT2D eigenvalue weighted by Crippen LogP contribution is 2.15. The third-order valence-corrected chi connectivity index (χ3v) is 2.81. The smallest absolute Gasteiger partial charge is 0.309 e. The Labute approximate surface area is 104 Å². The molecule has 3 nitrogen and oxygen atoms in total. The van der Waals surface area contributed by atoms with E-state index < -0.39 is 0 Å². The fraction of sp³-hybridized carbons (Fsp3) is 0.429. The van der Waals surface area contributed by atoms with Gasteiger partial charge >= 0.3 is 5.17 Å². The molecule has 1 aromatic rings. The standard InChI is InChI=1S/C7H11N3S2.HI/c1-5-4-6(12-10-5)9-7(8-2)11-3;/h4H,1-3H3,(H,8,9);1H. The first-order valence-electron chi connectivity index (χ1n) is 3.55. The molecule has 0 aliphatic rings. The number of thioether (sulfide) groups is 1. The molecule has 0 atom stereocenters. The van der Waals surface area contributed by atoms with E-state index in [2.05, 4.69) is 14.7 Å². The molecule has 2 N–H and O–H groups in total. The van der Waals surface area contributed by atoms with Crippen LogP contribution in [0.15, 0.2) is 6.07 Å². The molecular formula is C7H12IN3S2. The maximum atomic E-state index is 4.17. The molecule has 0 saturated heterocycles. The molecule has 0 unspecified atom stereocenters. The van der Waals surface area contributed by atoms with Crippen molar-refractivity contribution in [3.8, 4) is 0 Å². The number of hydrogen-bond donors (Lipinski definition) is 2. The fourth-order valence-electron chi connectivity index (χ4n) is 0.750. The van der Waals surface area contributed by atoms with Crippen molar-refractivity contribution in [2.45, 2.75) is 6.92 Å². The van der Waals surface area contributed by atoms with Crippen molar-refractivity contribution in [2.75, 3.05) is 18.6 Å². The fourth-order valence-corrected chi connectivity index (χ4v) is 1.90. The molecule has 0 aliphatic carbocycles. The highest BCUT2D eigenvalue weighted by atomic mass is 127. The number of aryl methyl sites for hydroxylation is 1. The zero-order valence-electron chi connectivity index (χ0n) is 7.72. The summed E-state index contributed by atoms with van der Waals surface area (Å²) in [7, 11) is 1.90. The molecule has 0 saturated carbocycles.